The van der Waals surface area contributed by atoms with Crippen LogP contribution in [0.1, 0.15) is 84.5 Å². The summed E-state index contributed by atoms with van der Waals surface area (Å²) in [6.45, 7) is 12.5. The van der Waals surface area contributed by atoms with Crippen LogP contribution < -0.4 is 14.4 Å². The number of rotatable bonds is 3. The Kier molecular flexibility index (Phi) is 7.58. The highest BCUT2D eigenvalue weighted by Crippen LogP contribution is 2.51. The van der Waals surface area contributed by atoms with Crippen LogP contribution in [0.2, 0.25) is 0 Å². The number of benzene rings is 3. The standard InChI is InChI=1S/C31H35O6P/c1-30(2,3)24-17-21(28(32)34-7)15-19-14-20-16-22(29(33)35-8)18-25(31(4,5)6)27(20)37-38(36-26(19)24)23-12-10-9-11-13-23/h9-13,15-18H,14H2,1-8H3. The molecule has 38 heavy (non-hydrogen) atoms. The molecular formula is C31H35O6P. The van der Waals surface area contributed by atoms with Gasteiger partial charge in [-0.15, -0.1) is 0 Å². The number of hydrogen-bond donors (Lipinski definition) is 0. The summed E-state index contributed by atoms with van der Waals surface area (Å²) in [6, 6.07) is 17.2. The Bertz CT molecular complexity index is 1280. The fraction of sp³-hybridized carbons (Fsp3) is 0.355. The molecule has 0 bridgehead atoms. The number of carbonyl (C=O) groups is 2. The maximum absolute atomic E-state index is 12.7. The summed E-state index contributed by atoms with van der Waals surface area (Å²) in [5.41, 5.74) is 3.65. The van der Waals surface area contributed by atoms with E-state index >= 15 is 0 Å². The van der Waals surface area contributed by atoms with Crippen LogP contribution in [0.5, 0.6) is 11.5 Å². The van der Waals surface area contributed by atoms with Crippen molar-refractivity contribution in [3.8, 4) is 11.5 Å². The van der Waals surface area contributed by atoms with Crippen LogP contribution >= 0.6 is 8.38 Å². The van der Waals surface area contributed by atoms with Crippen molar-refractivity contribution < 1.29 is 28.1 Å². The third-order valence-electron chi connectivity index (χ3n) is 6.49. The van der Waals surface area contributed by atoms with Crippen molar-refractivity contribution in [3.05, 3.63) is 88.0 Å². The van der Waals surface area contributed by atoms with Gasteiger partial charge in [-0.25, -0.2) is 9.59 Å². The first kappa shape index (κ1) is 27.7. The van der Waals surface area contributed by atoms with Crippen LogP contribution in [0.3, 0.4) is 0 Å². The molecule has 0 aromatic heterocycles. The molecule has 3 aromatic carbocycles. The molecule has 6 nitrogen and oxygen atoms in total. The van der Waals surface area contributed by atoms with E-state index in [9.17, 15) is 9.59 Å². The SMILES string of the molecule is COC(=O)c1cc2c(c(C(C)(C)C)c1)OP(c1ccccc1)Oc1c(cc(C(=O)OC)cc1C(C)(C)C)C2. The molecule has 1 aliphatic heterocycles. The molecule has 0 amide bonds. The number of esters is 2. The van der Waals surface area contributed by atoms with E-state index in [4.69, 9.17) is 18.5 Å². The molecular weight excluding hydrogens is 499 g/mol. The molecule has 0 saturated carbocycles. The number of carbonyl (C=O) groups excluding carboxylic acids is 2. The molecule has 0 spiro atoms. The lowest BCUT2D eigenvalue weighted by Crippen LogP contribution is -2.22. The van der Waals surface area contributed by atoms with E-state index in [-0.39, 0.29) is 10.8 Å². The van der Waals surface area contributed by atoms with Gasteiger partial charge in [0.1, 0.15) is 11.5 Å². The molecule has 7 heteroatoms. The predicted octanol–water partition coefficient (Wildman–Crippen LogP) is 6.85. The zero-order chi connectivity index (χ0) is 27.8. The van der Waals surface area contributed by atoms with Gasteiger partial charge in [-0.1, -0.05) is 59.7 Å². The van der Waals surface area contributed by atoms with Crippen molar-refractivity contribution >= 4 is 25.6 Å². The summed E-state index contributed by atoms with van der Waals surface area (Å²) in [6.07, 6.45) is 0.393. The van der Waals surface area contributed by atoms with Gasteiger partial charge in [0.15, 0.2) is 0 Å². The molecule has 1 heterocycles. The van der Waals surface area contributed by atoms with E-state index in [2.05, 4.69) is 41.5 Å². The quantitative estimate of drug-likeness (QED) is 0.270. The van der Waals surface area contributed by atoms with Crippen LogP contribution in [0.25, 0.3) is 0 Å². The third kappa shape index (κ3) is 5.56. The summed E-state index contributed by atoms with van der Waals surface area (Å²) in [5.74, 6) is 0.541. The molecule has 0 N–H and O–H groups in total. The monoisotopic (exact) mass is 534 g/mol. The summed E-state index contributed by atoms with van der Waals surface area (Å²) >= 11 is 0. The summed E-state index contributed by atoms with van der Waals surface area (Å²) < 4.78 is 23.7. The first-order valence-corrected chi connectivity index (χ1v) is 13.7. The van der Waals surface area contributed by atoms with Gasteiger partial charge in [-0.3, -0.25) is 0 Å². The lowest BCUT2D eigenvalue weighted by molar-refractivity contribution is 0.0591. The minimum atomic E-state index is -1.60. The fourth-order valence-corrected chi connectivity index (χ4v) is 5.91. The maximum atomic E-state index is 12.7. The molecule has 3 aromatic rings. The highest BCUT2D eigenvalue weighted by Gasteiger charge is 2.34. The van der Waals surface area contributed by atoms with Crippen molar-refractivity contribution in [2.45, 2.75) is 58.8 Å². The van der Waals surface area contributed by atoms with Crippen LogP contribution in [0.4, 0.5) is 0 Å². The molecule has 0 unspecified atom stereocenters. The Morgan fingerprint density at radius 2 is 1.13 bits per heavy atom. The summed E-state index contributed by atoms with van der Waals surface area (Å²) in [5, 5.41) is 0.912. The van der Waals surface area contributed by atoms with Gasteiger partial charge in [0.05, 0.1) is 30.7 Å². The second-order valence-electron chi connectivity index (χ2n) is 11.5. The highest BCUT2D eigenvalue weighted by molar-refractivity contribution is 7.56. The third-order valence-corrected chi connectivity index (χ3v) is 7.90. The Morgan fingerprint density at radius 1 is 0.711 bits per heavy atom. The van der Waals surface area contributed by atoms with Gasteiger partial charge in [-0.05, 0) is 47.2 Å². The van der Waals surface area contributed by atoms with Crippen molar-refractivity contribution in [1.29, 1.82) is 0 Å². The molecule has 4 rings (SSSR count). The van der Waals surface area contributed by atoms with E-state index in [1.807, 2.05) is 54.6 Å². The van der Waals surface area contributed by atoms with E-state index in [1.54, 1.807) is 0 Å². The lowest BCUT2D eigenvalue weighted by atomic mass is 9.81. The fourth-order valence-electron chi connectivity index (χ4n) is 4.49. The Balaban J connectivity index is 2.07. The summed E-state index contributed by atoms with van der Waals surface area (Å²) in [7, 11) is 1.15. The minimum Gasteiger partial charge on any atom is -0.465 e. The highest BCUT2D eigenvalue weighted by atomic mass is 31.2. The Morgan fingerprint density at radius 3 is 1.50 bits per heavy atom. The van der Waals surface area contributed by atoms with Crippen molar-refractivity contribution in [1.82, 2.24) is 0 Å². The van der Waals surface area contributed by atoms with E-state index < -0.39 is 20.3 Å². The number of ether oxygens (including phenoxy) is 2. The van der Waals surface area contributed by atoms with Crippen LogP contribution in [0.15, 0.2) is 54.6 Å². The van der Waals surface area contributed by atoms with Crippen molar-refractivity contribution in [2.24, 2.45) is 0 Å². The normalized spacial score (nSPS) is 13.7. The van der Waals surface area contributed by atoms with Crippen LogP contribution in [-0.2, 0) is 26.7 Å². The maximum Gasteiger partial charge on any atom is 0.337 e. The van der Waals surface area contributed by atoms with Gasteiger partial charge in [0.2, 0.25) is 0 Å². The van der Waals surface area contributed by atoms with E-state index in [1.165, 1.54) is 14.2 Å². The molecule has 0 atom stereocenters. The molecule has 0 fully saturated rings. The van der Waals surface area contributed by atoms with E-state index in [0.29, 0.717) is 29.0 Å². The number of methoxy groups -OCH3 is 2. The molecule has 1 aliphatic rings. The smallest absolute Gasteiger partial charge is 0.337 e. The van der Waals surface area contributed by atoms with Gasteiger partial charge < -0.3 is 18.5 Å². The number of fused-ring (bicyclic) bond motifs is 2. The Hall–Kier alpha value is -3.37. The van der Waals surface area contributed by atoms with Crippen LogP contribution in [-0.4, -0.2) is 26.2 Å². The van der Waals surface area contributed by atoms with Crippen molar-refractivity contribution in [3.63, 3.8) is 0 Å². The molecule has 0 saturated heterocycles. The zero-order valence-electron chi connectivity index (χ0n) is 23.3. The van der Waals surface area contributed by atoms with Gasteiger partial charge in [0, 0.05) is 28.7 Å². The topological polar surface area (TPSA) is 71.1 Å². The van der Waals surface area contributed by atoms with Gasteiger partial charge in [0.25, 0.3) is 0 Å². The first-order valence-electron chi connectivity index (χ1n) is 12.6. The van der Waals surface area contributed by atoms with Crippen molar-refractivity contribution in [2.75, 3.05) is 14.2 Å². The molecule has 0 radical (unpaired) electrons. The largest absolute Gasteiger partial charge is 0.465 e. The van der Waals surface area contributed by atoms with Crippen LogP contribution in [0, 0.1) is 0 Å². The average Bonchev–Trinajstić information content (AvgIpc) is 2.86. The second kappa shape index (κ2) is 10.4. The first-order chi connectivity index (χ1) is 17.8. The van der Waals surface area contributed by atoms with E-state index in [0.717, 1.165) is 27.6 Å². The van der Waals surface area contributed by atoms with Gasteiger partial charge >= 0.3 is 20.3 Å². The van der Waals surface area contributed by atoms with Gasteiger partial charge in [-0.2, -0.15) is 0 Å². The predicted molar refractivity (Wildman–Crippen MR) is 150 cm³/mol. The lowest BCUT2D eigenvalue weighted by Gasteiger charge is -2.33. The Labute approximate surface area is 226 Å². The summed E-state index contributed by atoms with van der Waals surface area (Å²) in [4.78, 5) is 25.4. The number of hydrogen-bond acceptors (Lipinski definition) is 6. The zero-order valence-corrected chi connectivity index (χ0v) is 24.2. The second-order valence-corrected chi connectivity index (χ2v) is 12.9. The average molecular weight is 535 g/mol. The molecule has 0 aliphatic carbocycles. The minimum absolute atomic E-state index is 0.335. The molecule has 200 valence electrons.